The third-order valence-corrected chi connectivity index (χ3v) is 2.26. The second-order valence-corrected chi connectivity index (χ2v) is 5.05. The molecule has 4 heteroatoms. The van der Waals surface area contributed by atoms with Crippen molar-refractivity contribution in [3.05, 3.63) is 35.4 Å². The molecule has 0 unspecified atom stereocenters. The molecular weight excluding hydrogens is 218 g/mol. The predicted molar refractivity (Wildman–Crippen MR) is 72.7 cm³/mol. The summed E-state index contributed by atoms with van der Waals surface area (Å²) in [5, 5.41) is 4.06. The van der Waals surface area contributed by atoms with Gasteiger partial charge >= 0.3 is 0 Å². The van der Waals surface area contributed by atoms with E-state index < -0.39 is 0 Å². The van der Waals surface area contributed by atoms with Gasteiger partial charge in [0, 0.05) is 0 Å². The molecule has 3 nitrogen and oxygen atoms in total. The van der Waals surface area contributed by atoms with Crippen LogP contribution in [-0.2, 0) is 5.41 Å². The maximum absolute atomic E-state index is 5.24. The van der Waals surface area contributed by atoms with Crippen molar-refractivity contribution in [1.29, 1.82) is 0 Å². The highest BCUT2D eigenvalue weighted by Crippen LogP contribution is 2.21. The quantitative estimate of drug-likeness (QED) is 0.469. The minimum Gasteiger partial charge on any atom is -0.375 e. The van der Waals surface area contributed by atoms with Crippen LogP contribution >= 0.6 is 12.2 Å². The summed E-state index contributed by atoms with van der Waals surface area (Å²) in [6.07, 6.45) is 1.69. The average Bonchev–Trinajstić information content (AvgIpc) is 2.16. The van der Waals surface area contributed by atoms with E-state index >= 15 is 0 Å². The predicted octanol–water partition coefficient (Wildman–Crippen LogP) is 2.15. The van der Waals surface area contributed by atoms with Crippen molar-refractivity contribution in [2.24, 2.45) is 10.8 Å². The number of thiocarbonyl (C=S) groups is 1. The Balaban J connectivity index is 2.72. The molecule has 0 spiro atoms. The van der Waals surface area contributed by atoms with Crippen LogP contribution in [0, 0.1) is 0 Å². The van der Waals surface area contributed by atoms with Crippen molar-refractivity contribution in [3.8, 4) is 0 Å². The number of nitrogens with zero attached hydrogens (tertiary/aromatic N) is 1. The van der Waals surface area contributed by atoms with Crippen molar-refractivity contribution >= 4 is 23.5 Å². The van der Waals surface area contributed by atoms with Crippen molar-refractivity contribution in [2.45, 2.75) is 26.2 Å². The van der Waals surface area contributed by atoms with Gasteiger partial charge in [-0.2, -0.15) is 5.10 Å². The summed E-state index contributed by atoms with van der Waals surface area (Å²) in [6.45, 7) is 6.56. The van der Waals surface area contributed by atoms with Crippen LogP contribution in [0.5, 0.6) is 0 Å². The molecule has 0 aliphatic heterocycles. The number of nitrogens with one attached hydrogen (secondary N) is 1. The van der Waals surface area contributed by atoms with Crippen LogP contribution in [-0.4, -0.2) is 11.3 Å². The summed E-state index contributed by atoms with van der Waals surface area (Å²) >= 11 is 4.63. The summed E-state index contributed by atoms with van der Waals surface area (Å²) in [6, 6.07) is 8.24. The van der Waals surface area contributed by atoms with Gasteiger partial charge in [0.15, 0.2) is 5.11 Å². The molecule has 1 aromatic rings. The molecule has 16 heavy (non-hydrogen) atoms. The fourth-order valence-corrected chi connectivity index (χ4v) is 1.29. The van der Waals surface area contributed by atoms with Gasteiger partial charge in [0.1, 0.15) is 0 Å². The Hall–Kier alpha value is -1.42. The Morgan fingerprint density at radius 1 is 1.31 bits per heavy atom. The Kier molecular flexibility index (Phi) is 4.01. The smallest absolute Gasteiger partial charge is 0.184 e. The highest BCUT2D eigenvalue weighted by Gasteiger charge is 2.12. The Labute approximate surface area is 102 Å². The first-order chi connectivity index (χ1) is 7.39. The standard InChI is InChI=1S/C12H17N3S/c1-12(2,3)10-6-4-9(5-7-10)8-14-15-11(13)16/h4-8H,1-3H3,(H3,13,15,16)/b14-8+. The Morgan fingerprint density at radius 2 is 1.88 bits per heavy atom. The topological polar surface area (TPSA) is 50.4 Å². The molecule has 0 bridgehead atoms. The van der Waals surface area contributed by atoms with E-state index in [0.717, 1.165) is 5.56 Å². The molecule has 0 saturated carbocycles. The Bertz CT molecular complexity index is 388. The third-order valence-electron chi connectivity index (χ3n) is 2.17. The van der Waals surface area contributed by atoms with Crippen LogP contribution < -0.4 is 11.2 Å². The zero-order valence-electron chi connectivity index (χ0n) is 9.82. The lowest BCUT2D eigenvalue weighted by molar-refractivity contribution is 0.590. The number of nitrogens with two attached hydrogens (primary N) is 1. The van der Waals surface area contributed by atoms with Gasteiger partial charge in [-0.1, -0.05) is 45.0 Å². The van der Waals surface area contributed by atoms with E-state index in [1.54, 1.807) is 6.21 Å². The highest BCUT2D eigenvalue weighted by atomic mass is 32.1. The number of hydrogen-bond acceptors (Lipinski definition) is 2. The summed E-state index contributed by atoms with van der Waals surface area (Å²) in [7, 11) is 0. The molecule has 0 fully saturated rings. The van der Waals surface area contributed by atoms with Crippen molar-refractivity contribution < 1.29 is 0 Å². The lowest BCUT2D eigenvalue weighted by Gasteiger charge is -2.18. The van der Waals surface area contributed by atoms with Crippen LogP contribution in [0.4, 0.5) is 0 Å². The normalized spacial score (nSPS) is 11.7. The van der Waals surface area contributed by atoms with E-state index in [0.29, 0.717) is 0 Å². The first-order valence-corrected chi connectivity index (χ1v) is 5.49. The molecule has 0 radical (unpaired) electrons. The van der Waals surface area contributed by atoms with Crippen molar-refractivity contribution in [3.63, 3.8) is 0 Å². The van der Waals surface area contributed by atoms with Crippen LogP contribution in [0.15, 0.2) is 29.4 Å². The van der Waals surface area contributed by atoms with Gasteiger partial charge in [-0.3, -0.25) is 5.43 Å². The van der Waals surface area contributed by atoms with E-state index in [-0.39, 0.29) is 10.5 Å². The summed E-state index contributed by atoms with van der Waals surface area (Å²) in [5.74, 6) is 0. The molecule has 0 aliphatic carbocycles. The van der Waals surface area contributed by atoms with Crippen LogP contribution in [0.1, 0.15) is 31.9 Å². The zero-order chi connectivity index (χ0) is 12.2. The van der Waals surface area contributed by atoms with Gasteiger partial charge in [-0.25, -0.2) is 0 Å². The monoisotopic (exact) mass is 235 g/mol. The molecule has 0 amide bonds. The lowest BCUT2D eigenvalue weighted by atomic mass is 9.87. The number of benzene rings is 1. The largest absolute Gasteiger partial charge is 0.375 e. The maximum Gasteiger partial charge on any atom is 0.184 e. The molecular formula is C12H17N3S. The molecule has 86 valence electrons. The van der Waals surface area contributed by atoms with E-state index in [2.05, 4.69) is 55.6 Å². The zero-order valence-corrected chi connectivity index (χ0v) is 10.6. The molecule has 0 aliphatic rings. The molecule has 0 aromatic heterocycles. The molecule has 1 rings (SSSR count). The summed E-state index contributed by atoms with van der Waals surface area (Å²) < 4.78 is 0. The third kappa shape index (κ3) is 3.98. The van der Waals surface area contributed by atoms with E-state index in [1.165, 1.54) is 5.56 Å². The van der Waals surface area contributed by atoms with Gasteiger partial charge in [0.25, 0.3) is 0 Å². The second kappa shape index (κ2) is 5.07. The van der Waals surface area contributed by atoms with Crippen LogP contribution in [0.25, 0.3) is 0 Å². The number of rotatable bonds is 2. The number of hydrazone groups is 1. The summed E-state index contributed by atoms with van der Waals surface area (Å²) in [4.78, 5) is 0. The van der Waals surface area contributed by atoms with Crippen molar-refractivity contribution in [1.82, 2.24) is 5.43 Å². The van der Waals surface area contributed by atoms with Crippen molar-refractivity contribution in [2.75, 3.05) is 0 Å². The molecule has 0 atom stereocenters. The first-order valence-electron chi connectivity index (χ1n) is 5.08. The van der Waals surface area contributed by atoms with Gasteiger partial charge in [-0.05, 0) is 28.8 Å². The van der Waals surface area contributed by atoms with E-state index in [9.17, 15) is 0 Å². The van der Waals surface area contributed by atoms with Gasteiger partial charge < -0.3 is 5.73 Å². The fraction of sp³-hybridized carbons (Fsp3) is 0.333. The SMILES string of the molecule is CC(C)(C)c1ccc(/C=N/NC(N)=S)cc1. The number of hydrogen-bond donors (Lipinski definition) is 2. The van der Waals surface area contributed by atoms with Gasteiger partial charge in [0.2, 0.25) is 0 Å². The van der Waals surface area contributed by atoms with E-state index in [1.807, 2.05) is 12.1 Å². The minimum absolute atomic E-state index is 0.169. The molecule has 1 aromatic carbocycles. The van der Waals surface area contributed by atoms with Crippen LogP contribution in [0.2, 0.25) is 0 Å². The van der Waals surface area contributed by atoms with Gasteiger partial charge in [0.05, 0.1) is 6.21 Å². The lowest BCUT2D eigenvalue weighted by Crippen LogP contribution is -2.23. The Morgan fingerprint density at radius 3 is 2.31 bits per heavy atom. The highest BCUT2D eigenvalue weighted by molar-refractivity contribution is 7.80. The molecule has 3 N–H and O–H groups in total. The first kappa shape index (κ1) is 12.6. The van der Waals surface area contributed by atoms with Crippen LogP contribution in [0.3, 0.4) is 0 Å². The second-order valence-electron chi connectivity index (χ2n) is 4.61. The van der Waals surface area contributed by atoms with Gasteiger partial charge in [-0.15, -0.1) is 0 Å². The molecule has 0 heterocycles. The summed E-state index contributed by atoms with van der Waals surface area (Å²) in [5.41, 5.74) is 10.2. The molecule has 0 saturated heterocycles. The maximum atomic E-state index is 5.24. The minimum atomic E-state index is 0.169. The van der Waals surface area contributed by atoms with E-state index in [4.69, 9.17) is 5.73 Å². The average molecular weight is 235 g/mol. The fourth-order valence-electron chi connectivity index (χ4n) is 1.24.